The zero-order valence-corrected chi connectivity index (χ0v) is 17.8. The summed E-state index contributed by atoms with van der Waals surface area (Å²) in [6.45, 7) is 3.60. The molecule has 1 heterocycles. The summed E-state index contributed by atoms with van der Waals surface area (Å²) in [5.41, 5.74) is -0.233. The van der Waals surface area contributed by atoms with E-state index >= 15 is 0 Å². The molecule has 7 heteroatoms. The molecule has 1 unspecified atom stereocenters. The van der Waals surface area contributed by atoms with Crippen molar-refractivity contribution in [2.45, 2.75) is 51.1 Å². The molecule has 0 bridgehead atoms. The van der Waals surface area contributed by atoms with Crippen LogP contribution < -0.4 is 5.32 Å². The lowest BCUT2D eigenvalue weighted by atomic mass is 9.90. The van der Waals surface area contributed by atoms with Gasteiger partial charge in [-0.3, -0.25) is 0 Å². The molecule has 156 valence electrons. The first-order valence-electron chi connectivity index (χ1n) is 10.3. The molecule has 1 aromatic carbocycles. The number of benzene rings is 1. The standard InChI is InChI=1S/C22H31FN6/c1-22(2,23)19-26-20(28-21(27-19)25-15-29(3)4)24-14-8-11-18(17-12-13-17)16-9-6-5-7-10-16/h5-7,9-10,15,17-18H,8,11-14H2,1-4H3,(H,24,26,27,28). The number of hydrogen-bond acceptors (Lipinski definition) is 5. The highest BCUT2D eigenvalue weighted by molar-refractivity contribution is 5.58. The average molecular weight is 399 g/mol. The van der Waals surface area contributed by atoms with E-state index in [2.05, 4.69) is 55.6 Å². The lowest BCUT2D eigenvalue weighted by Crippen LogP contribution is -2.17. The molecule has 1 fully saturated rings. The summed E-state index contributed by atoms with van der Waals surface area (Å²) in [4.78, 5) is 18.7. The van der Waals surface area contributed by atoms with Gasteiger partial charge in [0.1, 0.15) is 0 Å². The summed E-state index contributed by atoms with van der Waals surface area (Å²) in [7, 11) is 3.71. The van der Waals surface area contributed by atoms with Gasteiger partial charge in [0, 0.05) is 20.6 Å². The second kappa shape index (κ2) is 9.29. The normalized spacial score (nSPS) is 15.5. The number of nitrogens with zero attached hydrogens (tertiary/aromatic N) is 5. The first kappa shape index (κ1) is 21.1. The van der Waals surface area contributed by atoms with Crippen LogP contribution in [0.5, 0.6) is 0 Å². The van der Waals surface area contributed by atoms with Gasteiger partial charge in [-0.25, -0.2) is 9.38 Å². The number of alkyl halides is 1. The molecular weight excluding hydrogens is 367 g/mol. The second-order valence-electron chi connectivity index (χ2n) is 8.39. The number of rotatable bonds is 10. The van der Waals surface area contributed by atoms with E-state index in [1.165, 1.54) is 32.3 Å². The lowest BCUT2D eigenvalue weighted by molar-refractivity contribution is 0.206. The maximum Gasteiger partial charge on any atom is 0.255 e. The van der Waals surface area contributed by atoms with Crippen molar-refractivity contribution in [3.05, 3.63) is 41.7 Å². The Balaban J connectivity index is 1.62. The highest BCUT2D eigenvalue weighted by Crippen LogP contribution is 2.44. The topological polar surface area (TPSA) is 66.3 Å². The maximum atomic E-state index is 14.4. The van der Waals surface area contributed by atoms with Gasteiger partial charge in [-0.2, -0.15) is 15.0 Å². The Labute approximate surface area is 172 Å². The van der Waals surface area contributed by atoms with Crippen LogP contribution in [0.15, 0.2) is 35.3 Å². The van der Waals surface area contributed by atoms with Gasteiger partial charge in [0.25, 0.3) is 5.95 Å². The van der Waals surface area contributed by atoms with E-state index in [1.807, 2.05) is 14.1 Å². The summed E-state index contributed by atoms with van der Waals surface area (Å²) < 4.78 is 14.4. The van der Waals surface area contributed by atoms with Crippen LogP contribution in [0.3, 0.4) is 0 Å². The van der Waals surface area contributed by atoms with Gasteiger partial charge < -0.3 is 10.2 Å². The van der Waals surface area contributed by atoms with Crippen LogP contribution in [-0.4, -0.2) is 46.8 Å². The van der Waals surface area contributed by atoms with E-state index in [4.69, 9.17) is 0 Å². The molecule has 2 aromatic rings. The zero-order valence-electron chi connectivity index (χ0n) is 17.8. The van der Waals surface area contributed by atoms with Crippen LogP contribution in [0.4, 0.5) is 16.3 Å². The number of halogens is 1. The molecule has 3 rings (SSSR count). The van der Waals surface area contributed by atoms with E-state index in [9.17, 15) is 4.39 Å². The smallest absolute Gasteiger partial charge is 0.255 e. The predicted molar refractivity (Wildman–Crippen MR) is 115 cm³/mol. The minimum atomic E-state index is -1.66. The maximum absolute atomic E-state index is 14.4. The van der Waals surface area contributed by atoms with Crippen molar-refractivity contribution in [1.82, 2.24) is 19.9 Å². The van der Waals surface area contributed by atoms with Gasteiger partial charge in [-0.1, -0.05) is 30.3 Å². The van der Waals surface area contributed by atoms with Gasteiger partial charge in [0.2, 0.25) is 5.95 Å². The van der Waals surface area contributed by atoms with E-state index in [-0.39, 0.29) is 11.8 Å². The number of anilines is 1. The van der Waals surface area contributed by atoms with Crippen molar-refractivity contribution >= 4 is 18.2 Å². The Morgan fingerprint density at radius 1 is 1.21 bits per heavy atom. The van der Waals surface area contributed by atoms with Crippen LogP contribution >= 0.6 is 0 Å². The van der Waals surface area contributed by atoms with Gasteiger partial charge in [0.15, 0.2) is 11.5 Å². The molecule has 1 aliphatic carbocycles. The molecule has 1 aliphatic rings. The summed E-state index contributed by atoms with van der Waals surface area (Å²) in [6.07, 6.45) is 6.34. The Morgan fingerprint density at radius 2 is 1.93 bits per heavy atom. The first-order chi connectivity index (χ1) is 13.8. The van der Waals surface area contributed by atoms with E-state index < -0.39 is 5.67 Å². The summed E-state index contributed by atoms with van der Waals surface area (Å²) in [6, 6.07) is 10.8. The van der Waals surface area contributed by atoms with Crippen molar-refractivity contribution in [3.63, 3.8) is 0 Å². The minimum absolute atomic E-state index is 0.0843. The highest BCUT2D eigenvalue weighted by Gasteiger charge is 2.31. The van der Waals surface area contributed by atoms with E-state index in [1.54, 1.807) is 11.2 Å². The van der Waals surface area contributed by atoms with Crippen LogP contribution in [-0.2, 0) is 5.67 Å². The molecule has 1 atom stereocenters. The van der Waals surface area contributed by atoms with Gasteiger partial charge in [0.05, 0.1) is 6.34 Å². The van der Waals surface area contributed by atoms with Gasteiger partial charge in [-0.05, 0) is 56.9 Å². The Morgan fingerprint density at radius 3 is 2.55 bits per heavy atom. The molecule has 1 saturated carbocycles. The van der Waals surface area contributed by atoms with Gasteiger partial charge in [-0.15, -0.1) is 0 Å². The third-order valence-corrected chi connectivity index (χ3v) is 4.95. The van der Waals surface area contributed by atoms with Crippen LogP contribution in [0.2, 0.25) is 0 Å². The number of aliphatic imine (C=N–C) groups is 1. The monoisotopic (exact) mass is 398 g/mol. The number of aromatic nitrogens is 3. The molecule has 0 aliphatic heterocycles. The average Bonchev–Trinajstić information content (AvgIpc) is 3.51. The molecular formula is C22H31FN6. The number of hydrogen-bond donors (Lipinski definition) is 1. The fourth-order valence-electron chi connectivity index (χ4n) is 3.33. The molecule has 29 heavy (non-hydrogen) atoms. The zero-order chi connectivity index (χ0) is 20.9. The Hall–Kier alpha value is -2.57. The van der Waals surface area contributed by atoms with Crippen LogP contribution in [0.1, 0.15) is 56.8 Å². The highest BCUT2D eigenvalue weighted by atomic mass is 19.1. The fraction of sp³-hybridized carbons (Fsp3) is 0.545. The molecule has 0 saturated heterocycles. The van der Waals surface area contributed by atoms with E-state index in [0.717, 1.165) is 25.3 Å². The van der Waals surface area contributed by atoms with E-state index in [0.29, 0.717) is 11.9 Å². The summed E-state index contributed by atoms with van der Waals surface area (Å²) in [5.74, 6) is 2.07. The second-order valence-corrected chi connectivity index (χ2v) is 8.39. The quantitative estimate of drug-likeness (QED) is 0.357. The van der Waals surface area contributed by atoms with Crippen molar-refractivity contribution < 1.29 is 4.39 Å². The first-order valence-corrected chi connectivity index (χ1v) is 10.3. The molecule has 1 N–H and O–H groups in total. The van der Waals surface area contributed by atoms with Crippen molar-refractivity contribution in [2.24, 2.45) is 10.9 Å². The van der Waals surface area contributed by atoms with Crippen molar-refractivity contribution in [1.29, 1.82) is 0 Å². The fourth-order valence-corrected chi connectivity index (χ4v) is 3.33. The SMILES string of the molecule is CN(C)C=Nc1nc(NCCCC(c2ccccc2)C2CC2)nc(C(C)(C)F)n1. The molecule has 0 spiro atoms. The van der Waals surface area contributed by atoms with Gasteiger partial charge >= 0.3 is 0 Å². The number of nitrogens with one attached hydrogen (secondary N) is 1. The third-order valence-electron chi connectivity index (χ3n) is 4.95. The lowest BCUT2D eigenvalue weighted by Gasteiger charge is -2.17. The van der Waals surface area contributed by atoms with Crippen molar-refractivity contribution in [3.8, 4) is 0 Å². The molecule has 0 radical (unpaired) electrons. The van der Waals surface area contributed by atoms with Crippen LogP contribution in [0, 0.1) is 5.92 Å². The Bertz CT molecular complexity index is 812. The third kappa shape index (κ3) is 6.48. The minimum Gasteiger partial charge on any atom is -0.369 e. The molecule has 6 nitrogen and oxygen atoms in total. The van der Waals surface area contributed by atoms with Crippen LogP contribution in [0.25, 0.3) is 0 Å². The molecule has 1 aromatic heterocycles. The largest absolute Gasteiger partial charge is 0.369 e. The molecule has 0 amide bonds. The summed E-state index contributed by atoms with van der Waals surface area (Å²) in [5, 5.41) is 3.23. The predicted octanol–water partition coefficient (Wildman–Crippen LogP) is 4.68. The summed E-state index contributed by atoms with van der Waals surface area (Å²) >= 11 is 0. The Kier molecular flexibility index (Phi) is 6.77. The van der Waals surface area contributed by atoms with Crippen molar-refractivity contribution in [2.75, 3.05) is 26.0 Å².